The number of carbonyl (C=O) groups is 3. The normalized spacial score (nSPS) is 19.0. The highest BCUT2D eigenvalue weighted by Gasteiger charge is 2.51. The molecule has 4 amide bonds. The van der Waals surface area contributed by atoms with Gasteiger partial charge in [-0.25, -0.2) is 14.8 Å². The summed E-state index contributed by atoms with van der Waals surface area (Å²) in [4.78, 5) is 45.1. The molecule has 220 valence electrons. The summed E-state index contributed by atoms with van der Waals surface area (Å²) in [6.07, 6.45) is 2.87. The van der Waals surface area contributed by atoms with Crippen LogP contribution in [0.25, 0.3) is 10.9 Å². The van der Waals surface area contributed by atoms with E-state index in [0.717, 1.165) is 27.6 Å². The second kappa shape index (κ2) is 12.0. The summed E-state index contributed by atoms with van der Waals surface area (Å²) in [5.41, 5.74) is 3.49. The van der Waals surface area contributed by atoms with Crippen molar-refractivity contribution in [1.29, 1.82) is 0 Å². The van der Waals surface area contributed by atoms with Gasteiger partial charge in [0, 0.05) is 31.4 Å². The largest absolute Gasteiger partial charge is 0.508 e. The fraction of sp³-hybridized carbons (Fsp3) is 0.250. The van der Waals surface area contributed by atoms with Crippen LogP contribution in [-0.4, -0.2) is 84.8 Å². The molecule has 2 unspecified atom stereocenters. The molecule has 0 saturated carbocycles. The molecule has 0 radical (unpaired) electrons. The molecule has 43 heavy (non-hydrogen) atoms. The van der Waals surface area contributed by atoms with Gasteiger partial charge in [-0.15, -0.1) is 6.58 Å². The van der Waals surface area contributed by atoms with Crippen LogP contribution in [0, 0.1) is 0 Å². The Hall–Kier alpha value is -5.16. The maximum atomic E-state index is 14.2. The van der Waals surface area contributed by atoms with Crippen LogP contribution in [0.2, 0.25) is 0 Å². The quantitative estimate of drug-likeness (QED) is 0.276. The van der Waals surface area contributed by atoms with Crippen molar-refractivity contribution in [3.8, 4) is 5.75 Å². The Labute approximate surface area is 249 Å². The molecule has 2 aliphatic rings. The summed E-state index contributed by atoms with van der Waals surface area (Å²) >= 11 is 0. The van der Waals surface area contributed by atoms with Crippen molar-refractivity contribution in [3.63, 3.8) is 0 Å². The molecule has 0 spiro atoms. The number of hydrogen-bond donors (Lipinski definition) is 3. The molecule has 2 atom stereocenters. The Bertz CT molecular complexity index is 1640. The van der Waals surface area contributed by atoms with Gasteiger partial charge in [-0.05, 0) is 34.9 Å². The zero-order chi connectivity index (χ0) is 29.9. The van der Waals surface area contributed by atoms with E-state index in [0.29, 0.717) is 6.54 Å². The molecular weight excluding hydrogens is 546 g/mol. The van der Waals surface area contributed by atoms with Crippen molar-refractivity contribution in [3.05, 3.63) is 108 Å². The van der Waals surface area contributed by atoms with Gasteiger partial charge in [-0.2, -0.15) is 5.10 Å². The summed E-state index contributed by atoms with van der Waals surface area (Å²) < 4.78 is 0. The minimum Gasteiger partial charge on any atom is -0.508 e. The van der Waals surface area contributed by atoms with Gasteiger partial charge in [-0.3, -0.25) is 14.7 Å². The van der Waals surface area contributed by atoms with Gasteiger partial charge in [0.1, 0.15) is 18.0 Å². The number of urea groups is 1. The number of aromatic hydroxyl groups is 1. The average Bonchev–Trinajstić information content (AvgIpc) is 3.50. The number of hydrazine groups is 1. The molecule has 2 aliphatic heterocycles. The Morgan fingerprint density at radius 2 is 1.84 bits per heavy atom. The van der Waals surface area contributed by atoms with E-state index in [4.69, 9.17) is 0 Å². The number of carbonyl (C=O) groups excluding carboxylic acids is 3. The molecule has 11 nitrogen and oxygen atoms in total. The molecule has 11 heteroatoms. The zero-order valence-corrected chi connectivity index (χ0v) is 23.6. The maximum Gasteiger partial charge on any atom is 0.334 e. The Balaban J connectivity index is 1.36. The van der Waals surface area contributed by atoms with Crippen molar-refractivity contribution in [2.75, 3.05) is 19.6 Å². The lowest BCUT2D eigenvalue weighted by Crippen LogP contribution is -2.76. The molecule has 3 aromatic carbocycles. The number of piperazine rings is 1. The first-order valence-electron chi connectivity index (χ1n) is 14.2. The average molecular weight is 580 g/mol. The number of hydrogen-bond acceptors (Lipinski definition) is 6. The predicted octanol–water partition coefficient (Wildman–Crippen LogP) is 3.01. The Morgan fingerprint density at radius 3 is 2.60 bits per heavy atom. The van der Waals surface area contributed by atoms with E-state index < -0.39 is 12.2 Å². The number of rotatable bonds is 8. The molecule has 0 aliphatic carbocycles. The molecule has 1 aromatic heterocycles. The van der Waals surface area contributed by atoms with E-state index in [2.05, 4.69) is 22.1 Å². The van der Waals surface area contributed by atoms with E-state index in [-0.39, 0.29) is 56.2 Å². The number of fused-ring (bicyclic) bond motifs is 2. The van der Waals surface area contributed by atoms with Gasteiger partial charge in [0.2, 0.25) is 11.8 Å². The highest BCUT2D eigenvalue weighted by atomic mass is 16.3. The fourth-order valence-corrected chi connectivity index (χ4v) is 5.93. The number of aromatic nitrogens is 2. The summed E-state index contributed by atoms with van der Waals surface area (Å²) in [5, 5.41) is 24.1. The molecule has 0 bridgehead atoms. The van der Waals surface area contributed by atoms with Crippen molar-refractivity contribution in [2.24, 2.45) is 0 Å². The number of phenolic OH excluding ortho intramolecular Hbond substituents is 1. The van der Waals surface area contributed by atoms with Crippen LogP contribution >= 0.6 is 0 Å². The summed E-state index contributed by atoms with van der Waals surface area (Å²) in [6.45, 7) is 4.75. The number of phenols is 1. The van der Waals surface area contributed by atoms with E-state index in [1.165, 1.54) is 0 Å². The molecule has 2 saturated heterocycles. The van der Waals surface area contributed by atoms with E-state index in [1.807, 2.05) is 48.5 Å². The standard InChI is InChI=1S/C32H33N7O4/c1-2-15-37-21-30(41)38-28(16-22-11-13-25(40)14-12-22)31(42)36(19-24-9-6-10-27-26(24)18-34-35-27)20-29(38)39(37)32(43)33-17-23-7-4-3-5-8-23/h2-14,18,28-29,40H,1,15-17,19-21H2,(H,33,43)(H,34,35). The topological polar surface area (TPSA) is 125 Å². The van der Waals surface area contributed by atoms with E-state index >= 15 is 0 Å². The minimum atomic E-state index is -0.852. The molecular formula is C32H33N7O4. The Kier molecular flexibility index (Phi) is 7.80. The SMILES string of the molecule is C=CCN1CC(=O)N2C(Cc3ccc(O)cc3)C(=O)N(Cc3cccc4[nH]ncc34)CC2N1C(=O)NCc1ccccc1. The third-order valence-corrected chi connectivity index (χ3v) is 7.97. The second-order valence-corrected chi connectivity index (χ2v) is 10.8. The third-order valence-electron chi connectivity index (χ3n) is 7.97. The third kappa shape index (κ3) is 5.67. The molecule has 3 N–H and O–H groups in total. The smallest absolute Gasteiger partial charge is 0.334 e. The summed E-state index contributed by atoms with van der Waals surface area (Å²) in [7, 11) is 0. The zero-order valence-electron chi connectivity index (χ0n) is 23.6. The van der Waals surface area contributed by atoms with Crippen LogP contribution in [0.5, 0.6) is 5.75 Å². The van der Waals surface area contributed by atoms with Gasteiger partial charge in [0.05, 0.1) is 24.8 Å². The lowest BCUT2D eigenvalue weighted by atomic mass is 9.98. The number of benzene rings is 3. The van der Waals surface area contributed by atoms with Crippen molar-refractivity contribution >= 4 is 28.7 Å². The first-order chi connectivity index (χ1) is 20.9. The monoisotopic (exact) mass is 579 g/mol. The highest BCUT2D eigenvalue weighted by Crippen LogP contribution is 2.30. The van der Waals surface area contributed by atoms with Crippen molar-refractivity contribution in [2.45, 2.75) is 31.7 Å². The molecule has 4 aromatic rings. The summed E-state index contributed by atoms with van der Waals surface area (Å²) in [5.74, 6) is -0.338. The van der Waals surface area contributed by atoms with Gasteiger partial charge in [0.15, 0.2) is 0 Å². The summed E-state index contributed by atoms with van der Waals surface area (Å²) in [6, 6.07) is 20.7. The van der Waals surface area contributed by atoms with Gasteiger partial charge < -0.3 is 20.2 Å². The first-order valence-corrected chi connectivity index (χ1v) is 14.2. The second-order valence-electron chi connectivity index (χ2n) is 10.8. The lowest BCUT2D eigenvalue weighted by molar-refractivity contribution is -0.189. The van der Waals surface area contributed by atoms with Crippen LogP contribution in [0.1, 0.15) is 16.7 Å². The van der Waals surface area contributed by atoms with E-state index in [1.54, 1.807) is 56.4 Å². The number of H-pyrrole nitrogens is 1. The Morgan fingerprint density at radius 1 is 1.05 bits per heavy atom. The van der Waals surface area contributed by atoms with Crippen LogP contribution < -0.4 is 5.32 Å². The molecule has 2 fully saturated rings. The van der Waals surface area contributed by atoms with Crippen LogP contribution in [0.15, 0.2) is 91.6 Å². The van der Waals surface area contributed by atoms with Gasteiger partial charge in [-0.1, -0.05) is 60.7 Å². The van der Waals surface area contributed by atoms with Crippen LogP contribution in [-0.2, 0) is 29.1 Å². The number of nitrogens with one attached hydrogen (secondary N) is 2. The molecule has 3 heterocycles. The van der Waals surface area contributed by atoms with Crippen LogP contribution in [0.3, 0.4) is 0 Å². The van der Waals surface area contributed by atoms with Gasteiger partial charge in [0.25, 0.3) is 0 Å². The highest BCUT2D eigenvalue weighted by molar-refractivity contribution is 5.92. The fourth-order valence-electron chi connectivity index (χ4n) is 5.93. The number of amides is 4. The number of aromatic amines is 1. The predicted molar refractivity (Wildman–Crippen MR) is 160 cm³/mol. The first kappa shape index (κ1) is 28.0. The van der Waals surface area contributed by atoms with Crippen molar-refractivity contribution in [1.82, 2.24) is 35.3 Å². The van der Waals surface area contributed by atoms with Crippen molar-refractivity contribution < 1.29 is 19.5 Å². The van der Waals surface area contributed by atoms with Gasteiger partial charge >= 0.3 is 6.03 Å². The maximum absolute atomic E-state index is 14.2. The lowest BCUT2D eigenvalue weighted by Gasteiger charge is -2.55. The van der Waals surface area contributed by atoms with Crippen LogP contribution in [0.4, 0.5) is 4.79 Å². The number of nitrogens with zero attached hydrogens (tertiary/aromatic N) is 5. The minimum absolute atomic E-state index is 0.0744. The molecule has 6 rings (SSSR count). The van der Waals surface area contributed by atoms with E-state index in [9.17, 15) is 19.5 Å².